The maximum atomic E-state index is 14.2. The van der Waals surface area contributed by atoms with E-state index in [2.05, 4.69) is 0 Å². The molecule has 0 aliphatic carbocycles. The minimum atomic E-state index is -3.89. The van der Waals surface area contributed by atoms with Crippen LogP contribution in [0.4, 0.5) is 10.1 Å². The smallest absolute Gasteiger partial charge is 0.246 e. The third-order valence-electron chi connectivity index (χ3n) is 3.70. The summed E-state index contributed by atoms with van der Waals surface area (Å²) in [6.07, 6.45) is 0.824. The lowest BCUT2D eigenvalue weighted by Crippen LogP contribution is -2.36. The van der Waals surface area contributed by atoms with Crippen LogP contribution in [0.3, 0.4) is 0 Å². The number of sulfonamides is 1. The van der Waals surface area contributed by atoms with Crippen LogP contribution in [0.15, 0.2) is 17.0 Å². The Morgan fingerprint density at radius 2 is 2.19 bits per heavy atom. The number of halogens is 1. The van der Waals surface area contributed by atoms with Gasteiger partial charge < -0.3 is 10.5 Å². The van der Waals surface area contributed by atoms with E-state index >= 15 is 0 Å². The van der Waals surface area contributed by atoms with Crippen LogP contribution < -0.4 is 5.73 Å². The number of ether oxygens (including phenoxy) is 1. The second kappa shape index (κ2) is 6.29. The summed E-state index contributed by atoms with van der Waals surface area (Å²) in [7, 11) is -3.89. The Bertz CT molecular complexity index is 613. The predicted octanol–water partition coefficient (Wildman–Crippen LogP) is 1.76. The molecular weight excluding hydrogens is 295 g/mol. The zero-order valence-corrected chi connectivity index (χ0v) is 13.1. The number of hydrogen-bond donors (Lipinski definition) is 1. The van der Waals surface area contributed by atoms with Crippen LogP contribution in [0.5, 0.6) is 0 Å². The molecule has 2 rings (SSSR count). The van der Waals surface area contributed by atoms with Crippen LogP contribution in [0.2, 0.25) is 0 Å². The van der Waals surface area contributed by atoms with Crippen molar-refractivity contribution in [3.63, 3.8) is 0 Å². The summed E-state index contributed by atoms with van der Waals surface area (Å²) in [5.74, 6) is -0.574. The van der Waals surface area contributed by atoms with Gasteiger partial charge in [0.2, 0.25) is 10.0 Å². The number of nitrogen functional groups attached to an aromatic ring is 1. The molecule has 1 unspecified atom stereocenters. The minimum Gasteiger partial charge on any atom is -0.399 e. The number of benzene rings is 1. The summed E-state index contributed by atoms with van der Waals surface area (Å²) in [5.41, 5.74) is 6.13. The summed E-state index contributed by atoms with van der Waals surface area (Å²) in [5, 5.41) is 0. The first kappa shape index (κ1) is 16.2. The number of anilines is 1. The quantitative estimate of drug-likeness (QED) is 0.840. The van der Waals surface area contributed by atoms with Crippen molar-refractivity contribution in [3.05, 3.63) is 23.5 Å². The molecule has 1 aliphatic heterocycles. The monoisotopic (exact) mass is 316 g/mol. The van der Waals surface area contributed by atoms with E-state index in [1.165, 1.54) is 23.4 Å². The highest BCUT2D eigenvalue weighted by molar-refractivity contribution is 7.89. The molecule has 7 heteroatoms. The largest absolute Gasteiger partial charge is 0.399 e. The van der Waals surface area contributed by atoms with Gasteiger partial charge in [-0.3, -0.25) is 0 Å². The average molecular weight is 316 g/mol. The fraction of sp³-hybridized carbons (Fsp3) is 0.571. The molecule has 0 amide bonds. The third kappa shape index (κ3) is 3.36. The first-order valence-corrected chi connectivity index (χ1v) is 8.43. The number of nitrogens with two attached hydrogens (primary N) is 1. The third-order valence-corrected chi connectivity index (χ3v) is 5.64. The highest BCUT2D eigenvalue weighted by Gasteiger charge is 2.30. The molecule has 1 aliphatic rings. The topological polar surface area (TPSA) is 72.6 Å². The number of nitrogens with zero attached hydrogens (tertiary/aromatic N) is 1. The van der Waals surface area contributed by atoms with Crippen LogP contribution in [-0.2, 0) is 14.8 Å². The Labute approximate surface area is 124 Å². The Balaban J connectivity index is 2.34. The standard InChI is InChI=1S/C14H21FN2O3S/c1-3-17(8-11-4-5-20-9-11)21(18,19)13-7-12(16)6-10(2)14(13)15/h6-7,11H,3-5,8-9,16H2,1-2H3. The van der Waals surface area contributed by atoms with Gasteiger partial charge >= 0.3 is 0 Å². The minimum absolute atomic E-state index is 0.157. The van der Waals surface area contributed by atoms with Gasteiger partial charge in [-0.05, 0) is 37.0 Å². The summed E-state index contributed by atoms with van der Waals surface area (Å²) in [4.78, 5) is -0.347. The van der Waals surface area contributed by atoms with Crippen molar-refractivity contribution in [1.82, 2.24) is 4.31 Å². The van der Waals surface area contributed by atoms with Crippen molar-refractivity contribution in [2.75, 3.05) is 32.0 Å². The van der Waals surface area contributed by atoms with Crippen molar-refractivity contribution in [1.29, 1.82) is 0 Å². The Morgan fingerprint density at radius 1 is 1.48 bits per heavy atom. The fourth-order valence-electron chi connectivity index (χ4n) is 2.50. The maximum Gasteiger partial charge on any atom is 0.246 e. The average Bonchev–Trinajstić information content (AvgIpc) is 2.92. The van der Waals surface area contributed by atoms with E-state index in [9.17, 15) is 12.8 Å². The molecule has 0 saturated carbocycles. The number of rotatable bonds is 5. The van der Waals surface area contributed by atoms with Gasteiger partial charge in [0.1, 0.15) is 10.7 Å². The highest BCUT2D eigenvalue weighted by atomic mass is 32.2. The summed E-state index contributed by atoms with van der Waals surface area (Å²) in [6.45, 7) is 5.06. The maximum absolute atomic E-state index is 14.2. The van der Waals surface area contributed by atoms with E-state index in [4.69, 9.17) is 10.5 Å². The molecule has 1 saturated heterocycles. The molecule has 0 bridgehead atoms. The second-order valence-corrected chi connectivity index (χ2v) is 7.24. The highest BCUT2D eigenvalue weighted by Crippen LogP contribution is 2.26. The van der Waals surface area contributed by atoms with Gasteiger partial charge in [-0.25, -0.2) is 12.8 Å². The molecule has 5 nitrogen and oxygen atoms in total. The van der Waals surface area contributed by atoms with Gasteiger partial charge in [0, 0.05) is 25.4 Å². The molecule has 1 atom stereocenters. The molecule has 1 aromatic carbocycles. The zero-order chi connectivity index (χ0) is 15.6. The van der Waals surface area contributed by atoms with E-state index in [1.807, 2.05) is 0 Å². The molecule has 0 aromatic heterocycles. The van der Waals surface area contributed by atoms with Gasteiger partial charge in [0.15, 0.2) is 0 Å². The normalized spacial score (nSPS) is 19.3. The van der Waals surface area contributed by atoms with Crippen LogP contribution in [-0.4, -0.2) is 39.0 Å². The molecular formula is C14H21FN2O3S. The van der Waals surface area contributed by atoms with Crippen molar-refractivity contribution in [2.45, 2.75) is 25.2 Å². The van der Waals surface area contributed by atoms with Gasteiger partial charge in [-0.2, -0.15) is 4.31 Å². The van der Waals surface area contributed by atoms with E-state index in [0.29, 0.717) is 19.8 Å². The Morgan fingerprint density at radius 3 is 2.76 bits per heavy atom. The molecule has 1 aromatic rings. The fourth-order valence-corrected chi connectivity index (χ4v) is 4.20. The van der Waals surface area contributed by atoms with Crippen molar-refractivity contribution in [2.24, 2.45) is 5.92 Å². The van der Waals surface area contributed by atoms with Crippen LogP contribution in [0.1, 0.15) is 18.9 Å². The van der Waals surface area contributed by atoms with Crippen LogP contribution in [0.25, 0.3) is 0 Å². The molecule has 2 N–H and O–H groups in total. The van der Waals surface area contributed by atoms with Crippen LogP contribution >= 0.6 is 0 Å². The van der Waals surface area contributed by atoms with Crippen molar-refractivity contribution < 1.29 is 17.5 Å². The zero-order valence-electron chi connectivity index (χ0n) is 12.3. The van der Waals surface area contributed by atoms with Crippen molar-refractivity contribution in [3.8, 4) is 0 Å². The summed E-state index contributed by atoms with van der Waals surface area (Å²) in [6, 6.07) is 2.61. The van der Waals surface area contributed by atoms with Gasteiger partial charge in [0.25, 0.3) is 0 Å². The first-order chi connectivity index (χ1) is 9.86. The number of aryl methyl sites for hydroxylation is 1. The summed E-state index contributed by atoms with van der Waals surface area (Å²) < 4.78 is 46.1. The molecule has 118 valence electrons. The van der Waals surface area contributed by atoms with E-state index in [1.54, 1.807) is 6.92 Å². The van der Waals surface area contributed by atoms with Gasteiger partial charge in [-0.1, -0.05) is 6.92 Å². The first-order valence-electron chi connectivity index (χ1n) is 6.99. The lowest BCUT2D eigenvalue weighted by atomic mass is 10.1. The SMILES string of the molecule is CCN(CC1CCOC1)S(=O)(=O)c1cc(N)cc(C)c1F. The van der Waals surface area contributed by atoms with Crippen LogP contribution in [0, 0.1) is 18.7 Å². The molecule has 1 fully saturated rings. The van der Waals surface area contributed by atoms with Crippen molar-refractivity contribution >= 4 is 15.7 Å². The number of hydrogen-bond acceptors (Lipinski definition) is 4. The summed E-state index contributed by atoms with van der Waals surface area (Å²) >= 11 is 0. The second-order valence-electron chi connectivity index (χ2n) is 5.34. The predicted molar refractivity (Wildman–Crippen MR) is 78.9 cm³/mol. The lowest BCUT2D eigenvalue weighted by Gasteiger charge is -2.23. The van der Waals surface area contributed by atoms with E-state index in [-0.39, 0.29) is 28.6 Å². The Kier molecular flexibility index (Phi) is 4.85. The molecule has 0 radical (unpaired) electrons. The van der Waals surface area contributed by atoms with Gasteiger partial charge in [0.05, 0.1) is 6.61 Å². The van der Waals surface area contributed by atoms with Gasteiger partial charge in [-0.15, -0.1) is 0 Å². The van der Waals surface area contributed by atoms with E-state index in [0.717, 1.165) is 6.42 Å². The molecule has 21 heavy (non-hydrogen) atoms. The Hall–Kier alpha value is -1.18. The molecule has 1 heterocycles. The van der Waals surface area contributed by atoms with E-state index < -0.39 is 15.8 Å². The lowest BCUT2D eigenvalue weighted by molar-refractivity contribution is 0.180. The molecule has 0 spiro atoms.